The van der Waals surface area contributed by atoms with Gasteiger partial charge in [-0.05, 0) is 61.6 Å². The van der Waals surface area contributed by atoms with Gasteiger partial charge in [0.05, 0.1) is 17.5 Å². The molecule has 3 aromatic rings. The van der Waals surface area contributed by atoms with Crippen molar-refractivity contribution in [3.63, 3.8) is 0 Å². The number of amides is 3. The molecule has 0 aliphatic carbocycles. The van der Waals surface area contributed by atoms with E-state index in [4.69, 9.17) is 4.74 Å². The van der Waals surface area contributed by atoms with E-state index in [1.54, 1.807) is 35.4 Å². The number of piperidine rings is 1. The van der Waals surface area contributed by atoms with E-state index in [1.807, 2.05) is 13.0 Å². The fraction of sp³-hybridized carbons (Fsp3) is 0.424. The minimum atomic E-state index is -3.38. The third kappa shape index (κ3) is 10.8. The Bertz CT molecular complexity index is 1670. The van der Waals surface area contributed by atoms with E-state index in [0.717, 1.165) is 55.8 Å². The van der Waals surface area contributed by atoms with Gasteiger partial charge in [0.25, 0.3) is 5.91 Å². The lowest BCUT2D eigenvalue weighted by Crippen LogP contribution is -2.49. The summed E-state index contributed by atoms with van der Waals surface area (Å²) in [6, 6.07) is 9.81. The molecule has 0 atom stereocenters. The topological polar surface area (TPSA) is 133 Å². The third-order valence-corrected chi connectivity index (χ3v) is 8.53. The zero-order valence-corrected chi connectivity index (χ0v) is 29.1. The Balaban J connectivity index is 0.00000625. The Morgan fingerprint density at radius 1 is 1.06 bits per heavy atom. The summed E-state index contributed by atoms with van der Waals surface area (Å²) in [5.74, 6) is -1.70. The maximum Gasteiger partial charge on any atom is 0.322 e. The number of hydrogen-bond donors (Lipinski definition) is 3. The summed E-state index contributed by atoms with van der Waals surface area (Å²) >= 11 is 0. The van der Waals surface area contributed by atoms with Crippen LogP contribution in [-0.2, 0) is 16.6 Å². The SMILES string of the molecule is CCCCCN(C(=O)Nc1cc(C(=O)NC)c(F)cc1F)C1CCN(Cc2ccc(Oc3ccc(NS(C)(=O)=O)cc3C)nc2)CC1.Cl. The number of nitrogens with one attached hydrogen (secondary N) is 3. The highest BCUT2D eigenvalue weighted by molar-refractivity contribution is 7.92. The van der Waals surface area contributed by atoms with Crippen LogP contribution in [0.4, 0.5) is 25.0 Å². The molecule has 262 valence electrons. The number of pyridine rings is 1. The Morgan fingerprint density at radius 2 is 1.79 bits per heavy atom. The Hall–Kier alpha value is -4.01. The summed E-state index contributed by atoms with van der Waals surface area (Å²) in [6.45, 7) is 6.52. The molecule has 0 unspecified atom stereocenters. The van der Waals surface area contributed by atoms with Crippen LogP contribution >= 0.6 is 12.4 Å². The van der Waals surface area contributed by atoms with Crippen molar-refractivity contribution in [2.45, 2.75) is 58.5 Å². The number of carbonyl (C=O) groups excluding carboxylic acids is 2. The van der Waals surface area contributed by atoms with Gasteiger partial charge in [0.1, 0.15) is 17.4 Å². The van der Waals surface area contributed by atoms with Crippen LogP contribution in [0.5, 0.6) is 11.6 Å². The van der Waals surface area contributed by atoms with E-state index in [0.29, 0.717) is 49.3 Å². The van der Waals surface area contributed by atoms with Gasteiger partial charge in [0.2, 0.25) is 15.9 Å². The first-order valence-electron chi connectivity index (χ1n) is 15.6. The summed E-state index contributed by atoms with van der Waals surface area (Å²) in [4.78, 5) is 33.9. The van der Waals surface area contributed by atoms with E-state index in [9.17, 15) is 26.8 Å². The third-order valence-electron chi connectivity index (χ3n) is 7.93. The maximum atomic E-state index is 14.6. The molecular formula is C33H43ClF2N6O5S. The first-order chi connectivity index (χ1) is 22.4. The summed E-state index contributed by atoms with van der Waals surface area (Å²) in [7, 11) is -2.03. The molecule has 2 aromatic carbocycles. The molecule has 0 radical (unpaired) electrons. The van der Waals surface area contributed by atoms with Crippen molar-refractivity contribution in [1.82, 2.24) is 20.1 Å². The molecule has 15 heteroatoms. The Labute approximate surface area is 286 Å². The molecule has 3 amide bonds. The summed E-state index contributed by atoms with van der Waals surface area (Å²) in [5.41, 5.74) is 1.60. The molecule has 0 spiro atoms. The van der Waals surface area contributed by atoms with Crippen molar-refractivity contribution < 1.29 is 31.5 Å². The number of hydrogen-bond acceptors (Lipinski definition) is 7. The van der Waals surface area contributed by atoms with E-state index in [-0.39, 0.29) is 29.7 Å². The van der Waals surface area contributed by atoms with Gasteiger partial charge in [-0.1, -0.05) is 25.8 Å². The predicted octanol–water partition coefficient (Wildman–Crippen LogP) is 6.30. The highest BCUT2D eigenvalue weighted by atomic mass is 35.5. The number of carbonyl (C=O) groups is 2. The monoisotopic (exact) mass is 708 g/mol. The van der Waals surface area contributed by atoms with Crippen LogP contribution in [0, 0.1) is 18.6 Å². The van der Waals surface area contributed by atoms with Crippen LogP contribution < -0.4 is 20.1 Å². The molecule has 2 heterocycles. The van der Waals surface area contributed by atoms with Gasteiger partial charge in [-0.3, -0.25) is 14.4 Å². The van der Waals surface area contributed by atoms with Crippen LogP contribution in [-0.4, -0.2) is 74.1 Å². The van der Waals surface area contributed by atoms with Crippen molar-refractivity contribution >= 4 is 45.7 Å². The van der Waals surface area contributed by atoms with Gasteiger partial charge in [-0.25, -0.2) is 27.0 Å². The van der Waals surface area contributed by atoms with Crippen LogP contribution in [0.3, 0.4) is 0 Å². The molecule has 1 aliphatic rings. The smallest absolute Gasteiger partial charge is 0.322 e. The second-order valence-corrected chi connectivity index (χ2v) is 13.4. The first-order valence-corrected chi connectivity index (χ1v) is 17.5. The van der Waals surface area contributed by atoms with Crippen molar-refractivity contribution in [3.8, 4) is 11.6 Å². The molecule has 1 fully saturated rings. The molecule has 0 saturated carbocycles. The zero-order chi connectivity index (χ0) is 34.1. The lowest BCUT2D eigenvalue weighted by molar-refractivity contribution is 0.0959. The molecule has 3 N–H and O–H groups in total. The number of rotatable bonds is 13. The fourth-order valence-corrected chi connectivity index (χ4v) is 6.04. The standard InChI is InChI=1S/C33H42F2N6O5S.ClH/c1-5-6-7-14-41(33(43)38-29-18-26(32(42)36-3)27(34)19-28(29)35)25-12-15-40(16-13-25)21-23-8-11-31(37-20-23)46-30-10-9-24(17-22(30)2)39-47(4,44)45;/h8-11,17-20,25,39H,5-7,12-16,21H2,1-4H3,(H,36,42)(H,38,43);1H. The first kappa shape index (κ1) is 38.4. The van der Waals surface area contributed by atoms with Gasteiger partial charge in [0, 0.05) is 63.3 Å². The number of anilines is 2. The average Bonchev–Trinajstić information content (AvgIpc) is 3.02. The van der Waals surface area contributed by atoms with E-state index < -0.39 is 33.6 Å². The van der Waals surface area contributed by atoms with E-state index >= 15 is 0 Å². The van der Waals surface area contributed by atoms with Crippen LogP contribution in [0.1, 0.15) is 60.5 Å². The second-order valence-electron chi connectivity index (χ2n) is 11.7. The van der Waals surface area contributed by atoms with Gasteiger partial charge in [-0.2, -0.15) is 0 Å². The van der Waals surface area contributed by atoms with Gasteiger partial charge in [0.15, 0.2) is 0 Å². The van der Waals surface area contributed by atoms with Crippen LogP contribution in [0.15, 0.2) is 48.7 Å². The summed E-state index contributed by atoms with van der Waals surface area (Å²) < 4.78 is 60.1. The molecule has 4 rings (SSSR count). The van der Waals surface area contributed by atoms with Crippen molar-refractivity contribution in [3.05, 3.63) is 77.0 Å². The number of urea groups is 1. The predicted molar refractivity (Wildman–Crippen MR) is 185 cm³/mol. The molecule has 1 saturated heterocycles. The number of halogens is 3. The quantitative estimate of drug-likeness (QED) is 0.178. The van der Waals surface area contributed by atoms with Crippen LogP contribution in [0.25, 0.3) is 0 Å². The second kappa shape index (κ2) is 17.4. The summed E-state index contributed by atoms with van der Waals surface area (Å²) in [5, 5.41) is 4.89. The molecule has 11 nitrogen and oxygen atoms in total. The summed E-state index contributed by atoms with van der Waals surface area (Å²) in [6.07, 6.45) is 6.98. The van der Waals surface area contributed by atoms with E-state index in [2.05, 4.69) is 32.2 Å². The van der Waals surface area contributed by atoms with Gasteiger partial charge >= 0.3 is 6.03 Å². The molecular weight excluding hydrogens is 666 g/mol. The number of sulfonamides is 1. The highest BCUT2D eigenvalue weighted by Gasteiger charge is 2.29. The number of ether oxygens (including phenoxy) is 1. The van der Waals surface area contributed by atoms with Crippen molar-refractivity contribution in [2.75, 3.05) is 43.0 Å². The number of likely N-dealkylation sites (tertiary alicyclic amines) is 1. The van der Waals surface area contributed by atoms with Crippen LogP contribution in [0.2, 0.25) is 0 Å². The maximum absolute atomic E-state index is 14.6. The normalized spacial score (nSPS) is 13.7. The number of aryl methyl sites for hydroxylation is 1. The lowest BCUT2D eigenvalue weighted by Gasteiger charge is -2.38. The van der Waals surface area contributed by atoms with Crippen molar-refractivity contribution in [2.24, 2.45) is 0 Å². The zero-order valence-electron chi connectivity index (χ0n) is 27.5. The van der Waals surface area contributed by atoms with Crippen molar-refractivity contribution in [1.29, 1.82) is 0 Å². The molecule has 0 bridgehead atoms. The highest BCUT2D eigenvalue weighted by Crippen LogP contribution is 2.28. The van der Waals surface area contributed by atoms with E-state index in [1.165, 1.54) is 7.05 Å². The lowest BCUT2D eigenvalue weighted by atomic mass is 10.0. The molecule has 1 aromatic heterocycles. The average molecular weight is 709 g/mol. The van der Waals surface area contributed by atoms with Gasteiger partial charge in [-0.15, -0.1) is 12.4 Å². The van der Waals surface area contributed by atoms with Gasteiger partial charge < -0.3 is 20.3 Å². The minimum absolute atomic E-state index is 0. The molecule has 48 heavy (non-hydrogen) atoms. The number of benzene rings is 2. The Morgan fingerprint density at radius 3 is 2.40 bits per heavy atom. The number of nitrogens with zero attached hydrogens (tertiary/aromatic N) is 3. The minimum Gasteiger partial charge on any atom is -0.439 e. The largest absolute Gasteiger partial charge is 0.439 e. The fourth-order valence-electron chi connectivity index (χ4n) is 5.49. The number of unbranched alkanes of at least 4 members (excludes halogenated alkanes) is 2. The number of aromatic nitrogens is 1. The molecule has 1 aliphatic heterocycles. The Kier molecular flexibility index (Phi) is 13.9.